The van der Waals surface area contributed by atoms with Gasteiger partial charge < -0.3 is 15.4 Å². The number of carbonyl (C=O) groups excluding carboxylic acids is 2. The summed E-state index contributed by atoms with van der Waals surface area (Å²) in [7, 11) is 0. The summed E-state index contributed by atoms with van der Waals surface area (Å²) in [5.74, 6) is 0.628. The molecule has 25 heavy (non-hydrogen) atoms. The molecule has 2 aliphatic carbocycles. The highest BCUT2D eigenvalue weighted by atomic mass is 16.5. The summed E-state index contributed by atoms with van der Waals surface area (Å²) < 4.78 is 5.83. The van der Waals surface area contributed by atoms with E-state index in [0.717, 1.165) is 44.4 Å². The van der Waals surface area contributed by atoms with Crippen molar-refractivity contribution in [2.45, 2.75) is 69.6 Å². The van der Waals surface area contributed by atoms with E-state index in [1.807, 2.05) is 0 Å². The van der Waals surface area contributed by atoms with E-state index in [0.29, 0.717) is 12.6 Å². The van der Waals surface area contributed by atoms with Gasteiger partial charge >= 0.3 is 11.8 Å². The molecule has 0 radical (unpaired) electrons. The Hall–Kier alpha value is -1.14. The average Bonchev–Trinajstić information content (AvgIpc) is 3.27. The van der Waals surface area contributed by atoms with Gasteiger partial charge in [-0.15, -0.1) is 0 Å². The van der Waals surface area contributed by atoms with Crippen LogP contribution in [0.5, 0.6) is 0 Å². The number of hydrogen-bond acceptors (Lipinski definition) is 4. The van der Waals surface area contributed by atoms with E-state index in [-0.39, 0.29) is 12.1 Å². The van der Waals surface area contributed by atoms with E-state index in [9.17, 15) is 9.59 Å². The number of hydrogen-bond donors (Lipinski definition) is 2. The van der Waals surface area contributed by atoms with E-state index >= 15 is 0 Å². The molecule has 2 N–H and O–H groups in total. The molecular weight excluding hydrogens is 318 g/mol. The van der Waals surface area contributed by atoms with Crippen molar-refractivity contribution in [2.75, 3.05) is 26.2 Å². The molecule has 4 fully saturated rings. The minimum absolute atomic E-state index is 0.0000255. The van der Waals surface area contributed by atoms with Gasteiger partial charge in [-0.3, -0.25) is 14.5 Å². The Morgan fingerprint density at radius 1 is 1.00 bits per heavy atom. The second-order valence-electron chi connectivity index (χ2n) is 8.39. The van der Waals surface area contributed by atoms with Crippen molar-refractivity contribution < 1.29 is 14.3 Å². The number of nitrogens with zero attached hydrogens (tertiary/aromatic N) is 1. The lowest BCUT2D eigenvalue weighted by molar-refractivity contribution is -0.140. The van der Waals surface area contributed by atoms with Gasteiger partial charge in [-0.05, 0) is 50.5 Å². The number of nitrogens with one attached hydrogen (secondary N) is 2. The number of morpholine rings is 1. The van der Waals surface area contributed by atoms with Gasteiger partial charge in [-0.2, -0.15) is 0 Å². The Kier molecular flexibility index (Phi) is 5.27. The molecule has 0 aromatic rings. The minimum Gasteiger partial charge on any atom is -0.373 e. The first-order valence-corrected chi connectivity index (χ1v) is 10.1. The van der Waals surface area contributed by atoms with Crippen molar-refractivity contribution in [1.82, 2.24) is 15.5 Å². The van der Waals surface area contributed by atoms with Crippen molar-refractivity contribution in [3.05, 3.63) is 0 Å². The summed E-state index contributed by atoms with van der Waals surface area (Å²) in [6.45, 7) is 3.16. The average molecular weight is 349 g/mol. The molecule has 0 aromatic heterocycles. The summed E-state index contributed by atoms with van der Waals surface area (Å²) in [5, 5.41) is 5.72. The zero-order valence-corrected chi connectivity index (χ0v) is 15.0. The Balaban J connectivity index is 1.18. The predicted octanol–water partition coefficient (Wildman–Crippen LogP) is 1.05. The smallest absolute Gasteiger partial charge is 0.309 e. The first-order valence-electron chi connectivity index (χ1n) is 10.1. The molecule has 2 heterocycles. The fraction of sp³-hybridized carbons (Fsp3) is 0.895. The summed E-state index contributed by atoms with van der Waals surface area (Å²) >= 11 is 0. The SMILES string of the molecule is O=C(NCC1CN2CCCC2CO1)C(=O)NC1CCC2CCCC2C1. The maximum absolute atomic E-state index is 12.2. The molecule has 2 amide bonds. The lowest BCUT2D eigenvalue weighted by atomic mass is 9.79. The van der Waals surface area contributed by atoms with Crippen LogP contribution >= 0.6 is 0 Å². The van der Waals surface area contributed by atoms with E-state index in [1.165, 1.54) is 38.5 Å². The fourth-order valence-electron chi connectivity index (χ4n) is 5.38. The van der Waals surface area contributed by atoms with Crippen LogP contribution < -0.4 is 10.6 Å². The molecule has 5 unspecified atom stereocenters. The third kappa shape index (κ3) is 4.00. The first kappa shape index (κ1) is 17.3. The number of fused-ring (bicyclic) bond motifs is 2. The molecular formula is C19H31N3O3. The van der Waals surface area contributed by atoms with Gasteiger partial charge in [0, 0.05) is 25.2 Å². The molecule has 6 heteroatoms. The van der Waals surface area contributed by atoms with Crippen LogP contribution in [0, 0.1) is 11.8 Å². The van der Waals surface area contributed by atoms with Crippen molar-refractivity contribution in [2.24, 2.45) is 11.8 Å². The quantitative estimate of drug-likeness (QED) is 0.747. The van der Waals surface area contributed by atoms with E-state index in [1.54, 1.807) is 0 Å². The molecule has 5 atom stereocenters. The van der Waals surface area contributed by atoms with Gasteiger partial charge in [-0.1, -0.05) is 19.3 Å². The predicted molar refractivity (Wildman–Crippen MR) is 94.0 cm³/mol. The molecule has 6 nitrogen and oxygen atoms in total. The molecule has 140 valence electrons. The molecule has 2 saturated heterocycles. The number of carbonyl (C=O) groups is 2. The van der Waals surface area contributed by atoms with E-state index in [4.69, 9.17) is 4.74 Å². The molecule has 2 aliphatic heterocycles. The monoisotopic (exact) mass is 349 g/mol. The van der Waals surface area contributed by atoms with Crippen LogP contribution in [0.15, 0.2) is 0 Å². The third-order valence-electron chi connectivity index (χ3n) is 6.78. The van der Waals surface area contributed by atoms with Crippen LogP contribution in [0.1, 0.15) is 51.4 Å². The molecule has 0 spiro atoms. The van der Waals surface area contributed by atoms with Gasteiger partial charge in [0.25, 0.3) is 0 Å². The van der Waals surface area contributed by atoms with Crippen LogP contribution in [0.25, 0.3) is 0 Å². The Bertz CT molecular complexity index is 512. The van der Waals surface area contributed by atoms with Crippen molar-refractivity contribution in [1.29, 1.82) is 0 Å². The number of amides is 2. The summed E-state index contributed by atoms with van der Waals surface area (Å²) in [5.41, 5.74) is 0. The highest BCUT2D eigenvalue weighted by Gasteiger charge is 2.35. The maximum atomic E-state index is 12.2. The van der Waals surface area contributed by atoms with Crippen LogP contribution in [0.3, 0.4) is 0 Å². The largest absolute Gasteiger partial charge is 0.373 e. The second-order valence-corrected chi connectivity index (χ2v) is 8.39. The van der Waals surface area contributed by atoms with Crippen LogP contribution in [0.2, 0.25) is 0 Å². The number of rotatable bonds is 3. The maximum Gasteiger partial charge on any atom is 0.309 e. The fourth-order valence-corrected chi connectivity index (χ4v) is 5.38. The van der Waals surface area contributed by atoms with Gasteiger partial charge in [0.1, 0.15) is 0 Å². The van der Waals surface area contributed by atoms with Crippen molar-refractivity contribution >= 4 is 11.8 Å². The normalized spacial score (nSPS) is 38.0. The van der Waals surface area contributed by atoms with Crippen LogP contribution in [0.4, 0.5) is 0 Å². The summed E-state index contributed by atoms with van der Waals surface area (Å²) in [6, 6.07) is 0.731. The van der Waals surface area contributed by atoms with Gasteiger partial charge in [-0.25, -0.2) is 0 Å². The molecule has 2 saturated carbocycles. The Morgan fingerprint density at radius 3 is 2.80 bits per heavy atom. The molecule has 4 aliphatic rings. The lowest BCUT2D eigenvalue weighted by Crippen LogP contribution is -2.52. The van der Waals surface area contributed by atoms with Gasteiger partial charge in [0.15, 0.2) is 0 Å². The second kappa shape index (κ2) is 7.62. The highest BCUT2D eigenvalue weighted by Crippen LogP contribution is 2.42. The van der Waals surface area contributed by atoms with Crippen LogP contribution in [-0.4, -0.2) is 61.1 Å². The van der Waals surface area contributed by atoms with E-state index < -0.39 is 11.8 Å². The highest BCUT2D eigenvalue weighted by molar-refractivity contribution is 6.35. The number of ether oxygens (including phenoxy) is 1. The Morgan fingerprint density at radius 2 is 1.88 bits per heavy atom. The van der Waals surface area contributed by atoms with Crippen LogP contribution in [-0.2, 0) is 14.3 Å². The van der Waals surface area contributed by atoms with Gasteiger partial charge in [0.2, 0.25) is 0 Å². The third-order valence-corrected chi connectivity index (χ3v) is 6.78. The summed E-state index contributed by atoms with van der Waals surface area (Å²) in [6.07, 6.45) is 9.68. The van der Waals surface area contributed by atoms with E-state index in [2.05, 4.69) is 15.5 Å². The Labute approximate surface area is 150 Å². The lowest BCUT2D eigenvalue weighted by Gasteiger charge is -2.35. The molecule has 4 rings (SSSR count). The molecule has 0 bridgehead atoms. The zero-order valence-electron chi connectivity index (χ0n) is 15.0. The standard InChI is InChI=1S/C19H31N3O3/c23-18(20-10-17-11-22-8-2-5-16(22)12-25-17)19(24)21-15-7-6-13-3-1-4-14(13)9-15/h13-17H,1-12H2,(H,20,23)(H,21,24). The molecule has 0 aromatic carbocycles. The van der Waals surface area contributed by atoms with Gasteiger partial charge in [0.05, 0.1) is 12.7 Å². The topological polar surface area (TPSA) is 70.7 Å². The zero-order chi connectivity index (χ0) is 17.2. The van der Waals surface area contributed by atoms with Crippen molar-refractivity contribution in [3.63, 3.8) is 0 Å². The summed E-state index contributed by atoms with van der Waals surface area (Å²) in [4.78, 5) is 26.8. The first-order chi connectivity index (χ1) is 12.2. The minimum atomic E-state index is -0.513. The van der Waals surface area contributed by atoms with Crippen molar-refractivity contribution in [3.8, 4) is 0 Å².